The third kappa shape index (κ3) is 3.00. The lowest BCUT2D eigenvalue weighted by Gasteiger charge is -2.26. The number of nitrogens with one attached hydrogen (secondary N) is 2. The SMILES string of the molecule is C=C(Br)CNC(=O)C1CNc2ccccc2O1. The molecule has 1 aliphatic rings. The highest BCUT2D eigenvalue weighted by molar-refractivity contribution is 9.11. The molecule has 4 nitrogen and oxygen atoms in total. The van der Waals surface area contributed by atoms with Crippen molar-refractivity contribution in [2.24, 2.45) is 0 Å². The maximum atomic E-state index is 11.8. The Morgan fingerprint density at radius 3 is 3.12 bits per heavy atom. The van der Waals surface area contributed by atoms with Crippen LogP contribution in [0.2, 0.25) is 0 Å². The maximum absolute atomic E-state index is 11.8. The monoisotopic (exact) mass is 296 g/mol. The van der Waals surface area contributed by atoms with Gasteiger partial charge < -0.3 is 15.4 Å². The average molecular weight is 297 g/mol. The van der Waals surface area contributed by atoms with E-state index in [1.54, 1.807) is 0 Å². The Kier molecular flexibility index (Phi) is 3.68. The second kappa shape index (κ2) is 5.23. The quantitative estimate of drug-likeness (QED) is 0.895. The van der Waals surface area contributed by atoms with Crippen LogP contribution in [0.25, 0.3) is 0 Å². The van der Waals surface area contributed by atoms with Gasteiger partial charge in [0, 0.05) is 11.0 Å². The molecule has 0 spiro atoms. The van der Waals surface area contributed by atoms with Crippen LogP contribution in [0, 0.1) is 0 Å². The number of hydrogen-bond donors (Lipinski definition) is 2. The van der Waals surface area contributed by atoms with Gasteiger partial charge in [0.15, 0.2) is 6.10 Å². The highest BCUT2D eigenvalue weighted by Gasteiger charge is 2.25. The van der Waals surface area contributed by atoms with Gasteiger partial charge in [-0.15, -0.1) is 0 Å². The van der Waals surface area contributed by atoms with Gasteiger partial charge in [-0.3, -0.25) is 4.79 Å². The highest BCUT2D eigenvalue weighted by Crippen LogP contribution is 2.28. The summed E-state index contributed by atoms with van der Waals surface area (Å²) in [6.45, 7) is 4.53. The lowest BCUT2D eigenvalue weighted by Crippen LogP contribution is -2.44. The van der Waals surface area contributed by atoms with E-state index in [9.17, 15) is 4.79 Å². The van der Waals surface area contributed by atoms with E-state index in [4.69, 9.17) is 4.74 Å². The molecule has 17 heavy (non-hydrogen) atoms. The predicted molar refractivity (Wildman–Crippen MR) is 70.4 cm³/mol. The molecular weight excluding hydrogens is 284 g/mol. The zero-order chi connectivity index (χ0) is 12.3. The topological polar surface area (TPSA) is 50.4 Å². The van der Waals surface area contributed by atoms with E-state index in [1.807, 2.05) is 24.3 Å². The van der Waals surface area contributed by atoms with Crippen LogP contribution in [0.15, 0.2) is 35.3 Å². The summed E-state index contributed by atoms with van der Waals surface area (Å²) in [5, 5.41) is 5.89. The van der Waals surface area contributed by atoms with Crippen LogP contribution in [-0.2, 0) is 4.79 Å². The summed E-state index contributed by atoms with van der Waals surface area (Å²) in [7, 11) is 0. The number of fused-ring (bicyclic) bond motifs is 1. The fourth-order valence-corrected chi connectivity index (χ4v) is 1.70. The van der Waals surface area contributed by atoms with Crippen LogP contribution in [-0.4, -0.2) is 25.1 Å². The van der Waals surface area contributed by atoms with E-state index in [0.717, 1.165) is 10.2 Å². The first kappa shape index (κ1) is 12.0. The number of rotatable bonds is 3. The molecule has 1 atom stereocenters. The van der Waals surface area contributed by atoms with Crippen molar-refractivity contribution in [2.45, 2.75) is 6.10 Å². The van der Waals surface area contributed by atoms with Crippen molar-refractivity contribution in [3.05, 3.63) is 35.3 Å². The van der Waals surface area contributed by atoms with Crippen molar-refractivity contribution in [3.8, 4) is 5.75 Å². The normalized spacial score (nSPS) is 17.4. The first-order valence-corrected chi connectivity index (χ1v) is 6.06. The number of hydrogen-bond acceptors (Lipinski definition) is 3. The van der Waals surface area contributed by atoms with Crippen LogP contribution < -0.4 is 15.4 Å². The summed E-state index contributed by atoms with van der Waals surface area (Å²) in [5.41, 5.74) is 0.918. The molecule has 0 aliphatic carbocycles. The molecule has 0 fully saturated rings. The number of halogens is 1. The molecule has 2 rings (SSSR count). The molecule has 1 aromatic carbocycles. The van der Waals surface area contributed by atoms with Gasteiger partial charge in [-0.25, -0.2) is 0 Å². The van der Waals surface area contributed by atoms with Crippen LogP contribution in [0.5, 0.6) is 5.75 Å². The molecule has 2 N–H and O–H groups in total. The van der Waals surface area contributed by atoms with Crippen molar-refractivity contribution in [3.63, 3.8) is 0 Å². The number of benzene rings is 1. The first-order valence-electron chi connectivity index (χ1n) is 5.27. The van der Waals surface area contributed by atoms with Crippen molar-refractivity contribution in [2.75, 3.05) is 18.4 Å². The maximum Gasteiger partial charge on any atom is 0.263 e. The number of amides is 1. The van der Waals surface area contributed by atoms with Crippen molar-refractivity contribution < 1.29 is 9.53 Å². The summed E-state index contributed by atoms with van der Waals surface area (Å²) < 4.78 is 6.34. The summed E-state index contributed by atoms with van der Waals surface area (Å²) in [6, 6.07) is 7.56. The zero-order valence-electron chi connectivity index (χ0n) is 9.20. The molecule has 1 unspecified atom stereocenters. The van der Waals surface area contributed by atoms with E-state index < -0.39 is 6.10 Å². The van der Waals surface area contributed by atoms with Gasteiger partial charge in [-0.2, -0.15) is 0 Å². The molecule has 0 radical (unpaired) electrons. The fourth-order valence-electron chi connectivity index (χ4n) is 1.56. The Morgan fingerprint density at radius 1 is 1.59 bits per heavy atom. The van der Waals surface area contributed by atoms with Gasteiger partial charge in [-0.1, -0.05) is 34.6 Å². The van der Waals surface area contributed by atoms with E-state index in [0.29, 0.717) is 18.8 Å². The summed E-state index contributed by atoms with van der Waals surface area (Å²) in [5.74, 6) is 0.559. The smallest absolute Gasteiger partial charge is 0.263 e. The van der Waals surface area contributed by atoms with Gasteiger partial charge in [0.1, 0.15) is 5.75 Å². The number of anilines is 1. The first-order chi connectivity index (χ1) is 8.16. The van der Waals surface area contributed by atoms with E-state index in [-0.39, 0.29) is 5.91 Å². The molecule has 1 heterocycles. The third-order valence-corrected chi connectivity index (χ3v) is 2.66. The second-order valence-electron chi connectivity index (χ2n) is 3.72. The third-order valence-electron chi connectivity index (χ3n) is 2.38. The largest absolute Gasteiger partial charge is 0.477 e. The Balaban J connectivity index is 1.97. The molecule has 0 saturated heterocycles. The van der Waals surface area contributed by atoms with Gasteiger partial charge in [0.2, 0.25) is 0 Å². The molecule has 0 bridgehead atoms. The van der Waals surface area contributed by atoms with E-state index in [2.05, 4.69) is 33.1 Å². The van der Waals surface area contributed by atoms with Crippen LogP contribution in [0.1, 0.15) is 0 Å². The van der Waals surface area contributed by atoms with Gasteiger partial charge in [0.05, 0.1) is 12.2 Å². The molecular formula is C12H13BrN2O2. The predicted octanol–water partition coefficient (Wildman–Crippen LogP) is 1.88. The highest BCUT2D eigenvalue weighted by atomic mass is 79.9. The average Bonchev–Trinajstić information content (AvgIpc) is 2.35. The molecule has 0 saturated carbocycles. The van der Waals surface area contributed by atoms with E-state index in [1.165, 1.54) is 0 Å². The number of ether oxygens (including phenoxy) is 1. The summed E-state index contributed by atoms with van der Waals surface area (Å²) in [4.78, 5) is 11.8. The Hall–Kier alpha value is -1.49. The Morgan fingerprint density at radius 2 is 2.35 bits per heavy atom. The fraction of sp³-hybridized carbons (Fsp3) is 0.250. The number of carbonyl (C=O) groups is 1. The molecule has 5 heteroatoms. The van der Waals surface area contributed by atoms with Crippen LogP contribution in [0.3, 0.4) is 0 Å². The van der Waals surface area contributed by atoms with Crippen LogP contribution in [0.4, 0.5) is 5.69 Å². The standard InChI is InChI=1S/C12H13BrN2O2/c1-8(13)6-15-12(16)11-7-14-9-4-2-3-5-10(9)17-11/h2-5,11,14H,1,6-7H2,(H,15,16). The number of para-hydroxylation sites is 2. The van der Waals surface area contributed by atoms with Crippen molar-refractivity contribution >= 4 is 27.5 Å². The molecule has 1 amide bonds. The Bertz CT molecular complexity index is 448. The lowest BCUT2D eigenvalue weighted by atomic mass is 10.2. The second-order valence-corrected chi connectivity index (χ2v) is 4.84. The number of carbonyl (C=O) groups excluding carboxylic acids is 1. The van der Waals surface area contributed by atoms with Gasteiger partial charge >= 0.3 is 0 Å². The Labute approximate surface area is 108 Å². The van der Waals surface area contributed by atoms with Crippen molar-refractivity contribution in [1.29, 1.82) is 0 Å². The van der Waals surface area contributed by atoms with Crippen molar-refractivity contribution in [1.82, 2.24) is 5.32 Å². The molecule has 1 aromatic rings. The summed E-state index contributed by atoms with van der Waals surface area (Å²) in [6.07, 6.45) is -0.503. The minimum atomic E-state index is -0.503. The van der Waals surface area contributed by atoms with Gasteiger partial charge in [0.25, 0.3) is 5.91 Å². The molecule has 0 aromatic heterocycles. The molecule has 90 valence electrons. The molecule has 1 aliphatic heterocycles. The minimum absolute atomic E-state index is 0.146. The summed E-state index contributed by atoms with van der Waals surface area (Å²) >= 11 is 3.19. The zero-order valence-corrected chi connectivity index (χ0v) is 10.8. The lowest BCUT2D eigenvalue weighted by molar-refractivity contribution is -0.127. The van der Waals surface area contributed by atoms with Gasteiger partial charge in [-0.05, 0) is 12.1 Å². The van der Waals surface area contributed by atoms with E-state index >= 15 is 0 Å². The minimum Gasteiger partial charge on any atom is -0.477 e. The van der Waals surface area contributed by atoms with Crippen LogP contribution >= 0.6 is 15.9 Å².